The molecule has 1 heterocycles. The molecule has 0 radical (unpaired) electrons. The summed E-state index contributed by atoms with van der Waals surface area (Å²) in [4.78, 5) is 16.0. The van der Waals surface area contributed by atoms with Crippen LogP contribution in [0.5, 0.6) is 0 Å². The highest BCUT2D eigenvalue weighted by Gasteiger charge is 2.20. The monoisotopic (exact) mass is 367 g/mol. The Bertz CT molecular complexity index is 403. The summed E-state index contributed by atoms with van der Waals surface area (Å²) < 4.78 is 0. The minimum absolute atomic E-state index is 0. The molecule has 0 unspecified atom stereocenters. The van der Waals surface area contributed by atoms with Gasteiger partial charge in [0.25, 0.3) is 0 Å². The van der Waals surface area contributed by atoms with Crippen molar-refractivity contribution >= 4 is 42.5 Å². The van der Waals surface area contributed by atoms with E-state index in [4.69, 9.17) is 5.73 Å². The Kier molecular flexibility index (Phi) is 14.0. The fourth-order valence-corrected chi connectivity index (χ4v) is 2.54. The van der Waals surface area contributed by atoms with Gasteiger partial charge in [-0.2, -0.15) is 11.8 Å². The average molecular weight is 368 g/mol. The third-order valence-electron chi connectivity index (χ3n) is 3.50. The van der Waals surface area contributed by atoms with Gasteiger partial charge in [0.1, 0.15) is 0 Å². The van der Waals surface area contributed by atoms with Crippen molar-refractivity contribution in [3.63, 3.8) is 0 Å². The summed E-state index contributed by atoms with van der Waals surface area (Å²) in [6.45, 7) is 4.67. The highest BCUT2D eigenvalue weighted by molar-refractivity contribution is 7.98. The molecule has 1 amide bonds. The van der Waals surface area contributed by atoms with E-state index in [-0.39, 0.29) is 36.3 Å². The number of pyridine rings is 1. The average Bonchev–Trinajstić information content (AvgIpc) is 2.50. The van der Waals surface area contributed by atoms with Crippen LogP contribution in [0.1, 0.15) is 38.8 Å². The molecular formula is C15H27Cl2N3OS. The molecule has 0 spiro atoms. The SMILES string of the molecule is CCC(N)(CC)CNC(=O)CCSCc1ccccn1.Cl.Cl. The van der Waals surface area contributed by atoms with Gasteiger partial charge >= 0.3 is 0 Å². The van der Waals surface area contributed by atoms with Crippen LogP contribution in [-0.4, -0.2) is 28.7 Å². The van der Waals surface area contributed by atoms with E-state index in [0.29, 0.717) is 13.0 Å². The van der Waals surface area contributed by atoms with E-state index in [1.54, 1.807) is 18.0 Å². The smallest absolute Gasteiger partial charge is 0.220 e. The second-order valence-corrected chi connectivity index (χ2v) is 6.08. The number of carbonyl (C=O) groups excluding carboxylic acids is 1. The Hall–Kier alpha value is -0.490. The number of nitrogens with zero attached hydrogens (tertiary/aromatic N) is 1. The first kappa shape index (κ1) is 23.8. The Labute approximate surface area is 150 Å². The normalized spacial score (nSPS) is 10.3. The van der Waals surface area contributed by atoms with Gasteiger partial charge in [0.05, 0.1) is 5.69 Å². The predicted octanol–water partition coefficient (Wildman–Crippen LogP) is 3.18. The van der Waals surface area contributed by atoms with Crippen LogP contribution in [0.2, 0.25) is 0 Å². The summed E-state index contributed by atoms with van der Waals surface area (Å²) in [5.41, 5.74) is 6.93. The first-order valence-corrected chi connectivity index (χ1v) is 8.28. The summed E-state index contributed by atoms with van der Waals surface area (Å²) in [5.74, 6) is 1.73. The molecule has 0 aliphatic heterocycles. The van der Waals surface area contributed by atoms with Gasteiger partial charge in [-0.1, -0.05) is 19.9 Å². The van der Waals surface area contributed by atoms with Crippen LogP contribution in [-0.2, 0) is 10.5 Å². The van der Waals surface area contributed by atoms with Crippen molar-refractivity contribution in [2.45, 2.75) is 44.4 Å². The van der Waals surface area contributed by atoms with E-state index in [1.807, 2.05) is 18.2 Å². The number of rotatable bonds is 9. The minimum atomic E-state index is -0.267. The molecule has 1 aromatic heterocycles. The van der Waals surface area contributed by atoms with Gasteiger partial charge < -0.3 is 11.1 Å². The molecule has 1 aromatic rings. The number of halogens is 2. The maximum Gasteiger partial charge on any atom is 0.220 e. The van der Waals surface area contributed by atoms with Gasteiger partial charge in [-0.15, -0.1) is 24.8 Å². The van der Waals surface area contributed by atoms with Crippen molar-refractivity contribution in [1.29, 1.82) is 0 Å². The summed E-state index contributed by atoms with van der Waals surface area (Å²) in [7, 11) is 0. The van der Waals surface area contributed by atoms with Gasteiger partial charge in [0.15, 0.2) is 0 Å². The first-order chi connectivity index (χ1) is 9.59. The van der Waals surface area contributed by atoms with E-state index in [9.17, 15) is 4.79 Å². The topological polar surface area (TPSA) is 68.0 Å². The zero-order valence-corrected chi connectivity index (χ0v) is 15.7. The molecule has 4 nitrogen and oxygen atoms in total. The fraction of sp³-hybridized carbons (Fsp3) is 0.600. The van der Waals surface area contributed by atoms with Crippen molar-refractivity contribution in [3.05, 3.63) is 30.1 Å². The minimum Gasteiger partial charge on any atom is -0.354 e. The van der Waals surface area contributed by atoms with E-state index in [1.165, 1.54) is 0 Å². The van der Waals surface area contributed by atoms with Gasteiger partial charge in [-0.3, -0.25) is 9.78 Å². The molecule has 0 saturated carbocycles. The summed E-state index contributed by atoms with van der Waals surface area (Å²) in [5, 5.41) is 2.93. The van der Waals surface area contributed by atoms with Gasteiger partial charge in [0.2, 0.25) is 5.91 Å². The lowest BCUT2D eigenvalue weighted by Gasteiger charge is -2.26. The third-order valence-corrected chi connectivity index (χ3v) is 4.49. The molecular weight excluding hydrogens is 341 g/mol. The number of hydrogen-bond donors (Lipinski definition) is 2. The Balaban J connectivity index is 0. The van der Waals surface area contributed by atoms with Crippen LogP contribution < -0.4 is 11.1 Å². The summed E-state index contributed by atoms with van der Waals surface area (Å²) in [6.07, 6.45) is 4.07. The molecule has 0 fully saturated rings. The van der Waals surface area contributed by atoms with Crippen LogP contribution in [0.3, 0.4) is 0 Å². The van der Waals surface area contributed by atoms with Crippen molar-refractivity contribution in [3.8, 4) is 0 Å². The van der Waals surface area contributed by atoms with Gasteiger partial charge in [0, 0.05) is 36.2 Å². The second kappa shape index (κ2) is 13.0. The predicted molar refractivity (Wildman–Crippen MR) is 100 cm³/mol. The van der Waals surface area contributed by atoms with E-state index in [2.05, 4.69) is 24.1 Å². The highest BCUT2D eigenvalue weighted by Crippen LogP contribution is 2.11. The van der Waals surface area contributed by atoms with Crippen molar-refractivity contribution < 1.29 is 4.79 Å². The quantitative estimate of drug-likeness (QED) is 0.657. The number of nitrogens with two attached hydrogens (primary N) is 1. The van der Waals surface area contributed by atoms with E-state index >= 15 is 0 Å². The molecule has 0 aliphatic carbocycles. The van der Waals surface area contributed by atoms with Crippen molar-refractivity contribution in [2.24, 2.45) is 5.73 Å². The van der Waals surface area contributed by atoms with Crippen LogP contribution in [0.4, 0.5) is 0 Å². The first-order valence-electron chi connectivity index (χ1n) is 7.13. The Morgan fingerprint density at radius 2 is 2.00 bits per heavy atom. The largest absolute Gasteiger partial charge is 0.354 e. The summed E-state index contributed by atoms with van der Waals surface area (Å²) >= 11 is 1.72. The van der Waals surface area contributed by atoms with Gasteiger partial charge in [-0.05, 0) is 25.0 Å². The van der Waals surface area contributed by atoms with Crippen LogP contribution in [0, 0.1) is 0 Å². The maximum absolute atomic E-state index is 11.7. The third kappa shape index (κ3) is 9.51. The lowest BCUT2D eigenvalue weighted by molar-refractivity contribution is -0.120. The molecule has 0 aromatic carbocycles. The number of hydrogen-bond acceptors (Lipinski definition) is 4. The lowest BCUT2D eigenvalue weighted by atomic mass is 9.94. The molecule has 1 rings (SSSR count). The van der Waals surface area contributed by atoms with Crippen LogP contribution in [0.15, 0.2) is 24.4 Å². The molecule has 0 atom stereocenters. The molecule has 0 aliphatic rings. The number of carbonyl (C=O) groups is 1. The molecule has 0 saturated heterocycles. The van der Waals surface area contributed by atoms with Crippen molar-refractivity contribution in [2.75, 3.05) is 12.3 Å². The zero-order chi connectivity index (χ0) is 14.8. The highest BCUT2D eigenvalue weighted by atomic mass is 35.5. The van der Waals surface area contributed by atoms with E-state index < -0.39 is 0 Å². The Morgan fingerprint density at radius 1 is 1.32 bits per heavy atom. The molecule has 128 valence electrons. The standard InChI is InChI=1S/C15H25N3OS.2ClH/c1-3-15(16,4-2)12-18-14(19)8-10-20-11-13-7-5-6-9-17-13;;/h5-7,9H,3-4,8,10-12,16H2,1-2H3,(H,18,19);2*1H. The number of thioether (sulfide) groups is 1. The summed E-state index contributed by atoms with van der Waals surface area (Å²) in [6, 6.07) is 5.88. The Morgan fingerprint density at radius 3 is 2.55 bits per heavy atom. The second-order valence-electron chi connectivity index (χ2n) is 4.97. The molecule has 0 bridgehead atoms. The number of aromatic nitrogens is 1. The van der Waals surface area contributed by atoms with E-state index in [0.717, 1.165) is 30.0 Å². The molecule has 22 heavy (non-hydrogen) atoms. The lowest BCUT2D eigenvalue weighted by Crippen LogP contribution is -2.49. The molecule has 3 N–H and O–H groups in total. The van der Waals surface area contributed by atoms with Crippen LogP contribution >= 0.6 is 36.6 Å². The molecule has 7 heteroatoms. The van der Waals surface area contributed by atoms with Crippen LogP contribution in [0.25, 0.3) is 0 Å². The maximum atomic E-state index is 11.7. The zero-order valence-electron chi connectivity index (χ0n) is 13.2. The van der Waals surface area contributed by atoms with Gasteiger partial charge in [-0.25, -0.2) is 0 Å². The fourth-order valence-electron chi connectivity index (χ4n) is 1.69. The van der Waals surface area contributed by atoms with Crippen molar-refractivity contribution in [1.82, 2.24) is 10.3 Å². The number of amides is 1. The number of nitrogens with one attached hydrogen (secondary N) is 1.